The van der Waals surface area contributed by atoms with Crippen molar-refractivity contribution in [3.05, 3.63) is 29.3 Å². The Kier molecular flexibility index (Phi) is 6.28. The molecule has 0 saturated carbocycles. The molecule has 0 bridgehead atoms. The van der Waals surface area contributed by atoms with Crippen LogP contribution in [0, 0.1) is 12.8 Å². The van der Waals surface area contributed by atoms with Crippen LogP contribution in [0.4, 0.5) is 0 Å². The highest BCUT2D eigenvalue weighted by molar-refractivity contribution is 7.89. The van der Waals surface area contributed by atoms with E-state index in [1.165, 1.54) is 25.3 Å². The fraction of sp³-hybridized carbons (Fsp3) is 0.467. The van der Waals surface area contributed by atoms with Crippen molar-refractivity contribution in [1.82, 2.24) is 4.72 Å². The van der Waals surface area contributed by atoms with Gasteiger partial charge in [-0.3, -0.25) is 4.79 Å². The summed E-state index contributed by atoms with van der Waals surface area (Å²) in [5.41, 5.74) is 0.679. The van der Waals surface area contributed by atoms with Crippen LogP contribution in [0.3, 0.4) is 0 Å². The number of methoxy groups -OCH3 is 1. The topological polar surface area (TPSA) is 110 Å². The normalized spacial score (nSPS) is 14.1. The van der Waals surface area contributed by atoms with Crippen LogP contribution in [0.15, 0.2) is 23.1 Å². The molecule has 23 heavy (non-hydrogen) atoms. The van der Waals surface area contributed by atoms with Crippen LogP contribution >= 0.6 is 0 Å². The number of carbonyl (C=O) groups excluding carboxylic acids is 1. The Bertz CT molecular complexity index is 698. The Hall–Kier alpha value is -1.93. The smallest absolute Gasteiger partial charge is 0.338 e. The summed E-state index contributed by atoms with van der Waals surface area (Å²) in [7, 11) is -2.88. The zero-order valence-electron chi connectivity index (χ0n) is 13.5. The van der Waals surface area contributed by atoms with Gasteiger partial charge in [-0.2, -0.15) is 4.72 Å². The number of benzene rings is 1. The lowest BCUT2D eigenvalue weighted by Crippen LogP contribution is -2.44. The molecular weight excluding hydrogens is 322 g/mol. The lowest BCUT2D eigenvalue weighted by atomic mass is 10.0. The molecule has 2 atom stereocenters. The molecule has 2 N–H and O–H groups in total. The third kappa shape index (κ3) is 4.52. The number of ether oxygens (including phenoxy) is 1. The van der Waals surface area contributed by atoms with Crippen LogP contribution in [-0.2, 0) is 19.6 Å². The van der Waals surface area contributed by atoms with E-state index in [9.17, 15) is 23.1 Å². The maximum absolute atomic E-state index is 12.4. The molecule has 7 nitrogen and oxygen atoms in total. The van der Waals surface area contributed by atoms with Gasteiger partial charge in [-0.1, -0.05) is 26.3 Å². The monoisotopic (exact) mass is 343 g/mol. The Balaban J connectivity index is 3.23. The summed E-state index contributed by atoms with van der Waals surface area (Å²) in [4.78, 5) is 22.8. The zero-order chi connectivity index (χ0) is 17.8. The molecule has 0 fully saturated rings. The molecule has 0 aliphatic rings. The minimum atomic E-state index is -4.08. The third-order valence-corrected chi connectivity index (χ3v) is 5.12. The zero-order valence-corrected chi connectivity index (χ0v) is 14.3. The second-order valence-corrected chi connectivity index (χ2v) is 7.01. The highest BCUT2D eigenvalue weighted by Crippen LogP contribution is 2.18. The molecule has 128 valence electrons. The number of aryl methyl sites for hydroxylation is 1. The van der Waals surface area contributed by atoms with E-state index in [4.69, 9.17) is 0 Å². The van der Waals surface area contributed by atoms with Crippen molar-refractivity contribution in [3.8, 4) is 0 Å². The average Bonchev–Trinajstić information content (AvgIpc) is 2.51. The molecule has 0 aromatic heterocycles. The van der Waals surface area contributed by atoms with Gasteiger partial charge in [-0.25, -0.2) is 13.2 Å². The van der Waals surface area contributed by atoms with E-state index >= 15 is 0 Å². The van der Waals surface area contributed by atoms with Crippen molar-refractivity contribution in [1.29, 1.82) is 0 Å². The van der Waals surface area contributed by atoms with Gasteiger partial charge in [-0.05, 0) is 30.5 Å². The fourth-order valence-corrected chi connectivity index (χ4v) is 3.30. The van der Waals surface area contributed by atoms with Crippen LogP contribution in [0.1, 0.15) is 36.2 Å². The molecule has 0 aliphatic carbocycles. The number of aliphatic carboxylic acids is 1. The maximum Gasteiger partial charge on any atom is 0.338 e. The van der Waals surface area contributed by atoms with E-state index in [1.54, 1.807) is 20.8 Å². The maximum atomic E-state index is 12.4. The van der Waals surface area contributed by atoms with Crippen LogP contribution in [0.2, 0.25) is 0 Å². The van der Waals surface area contributed by atoms with Gasteiger partial charge in [0.05, 0.1) is 17.6 Å². The minimum absolute atomic E-state index is 0.116. The highest BCUT2D eigenvalue weighted by atomic mass is 32.2. The summed E-state index contributed by atoms with van der Waals surface area (Å²) in [5.74, 6) is -2.28. The number of carboxylic acids is 1. The van der Waals surface area contributed by atoms with Gasteiger partial charge in [0.25, 0.3) is 0 Å². The van der Waals surface area contributed by atoms with Crippen molar-refractivity contribution in [2.24, 2.45) is 5.92 Å². The first-order chi connectivity index (χ1) is 10.6. The van der Waals surface area contributed by atoms with Gasteiger partial charge >= 0.3 is 11.9 Å². The second-order valence-electron chi connectivity index (χ2n) is 5.29. The van der Waals surface area contributed by atoms with E-state index < -0.39 is 28.0 Å². The molecule has 0 amide bonds. The Labute approximate surface area is 135 Å². The van der Waals surface area contributed by atoms with Crippen molar-refractivity contribution in [2.75, 3.05) is 7.11 Å². The number of carboxylic acid groups (broad SMARTS) is 1. The van der Waals surface area contributed by atoms with Gasteiger partial charge < -0.3 is 9.84 Å². The third-order valence-electron chi connectivity index (χ3n) is 3.69. The first kappa shape index (κ1) is 19.1. The number of hydrogen-bond donors (Lipinski definition) is 2. The van der Waals surface area contributed by atoms with Crippen LogP contribution in [0.5, 0.6) is 0 Å². The van der Waals surface area contributed by atoms with Gasteiger partial charge in [0, 0.05) is 0 Å². The number of hydrogen-bond acceptors (Lipinski definition) is 5. The molecule has 1 aromatic carbocycles. The van der Waals surface area contributed by atoms with E-state index in [-0.39, 0.29) is 16.4 Å². The van der Waals surface area contributed by atoms with Gasteiger partial charge in [-0.15, -0.1) is 0 Å². The molecule has 8 heteroatoms. The Morgan fingerprint density at radius 2 is 1.96 bits per heavy atom. The summed E-state index contributed by atoms with van der Waals surface area (Å²) in [6.07, 6.45) is 0.501. The summed E-state index contributed by atoms with van der Waals surface area (Å²) in [5, 5.41) is 9.21. The summed E-state index contributed by atoms with van der Waals surface area (Å²) in [6, 6.07) is 2.73. The molecular formula is C15H21NO6S. The standard InChI is InChI=1S/C15H21NO6S/c1-5-9(2)13(14(17)18)16-23(20,21)11-7-6-10(3)12(8-11)15(19)22-4/h6-9,13,16H,5H2,1-4H3,(H,17,18)/t9-,13-/m0/s1. The average molecular weight is 343 g/mol. The Morgan fingerprint density at radius 1 is 1.35 bits per heavy atom. The number of esters is 1. The number of nitrogens with one attached hydrogen (secondary N) is 1. The molecule has 0 radical (unpaired) electrons. The summed E-state index contributed by atoms with van der Waals surface area (Å²) >= 11 is 0. The van der Waals surface area contributed by atoms with Gasteiger partial charge in [0.1, 0.15) is 6.04 Å². The summed E-state index contributed by atoms with van der Waals surface area (Å²) in [6.45, 7) is 5.07. The Morgan fingerprint density at radius 3 is 2.43 bits per heavy atom. The largest absolute Gasteiger partial charge is 0.480 e. The number of sulfonamides is 1. The van der Waals surface area contributed by atoms with E-state index in [2.05, 4.69) is 9.46 Å². The predicted molar refractivity (Wildman–Crippen MR) is 83.7 cm³/mol. The van der Waals surface area contributed by atoms with Gasteiger partial charge in [0.2, 0.25) is 10.0 Å². The van der Waals surface area contributed by atoms with E-state index in [1.807, 2.05) is 0 Å². The fourth-order valence-electron chi connectivity index (χ4n) is 1.98. The lowest BCUT2D eigenvalue weighted by molar-refractivity contribution is -0.140. The molecule has 0 aliphatic heterocycles. The molecule has 1 aromatic rings. The predicted octanol–water partition coefficient (Wildman–Crippen LogP) is 1.56. The molecule has 0 spiro atoms. The minimum Gasteiger partial charge on any atom is -0.480 e. The van der Waals surface area contributed by atoms with Crippen molar-refractivity contribution >= 4 is 22.0 Å². The lowest BCUT2D eigenvalue weighted by Gasteiger charge is -2.20. The summed E-state index contributed by atoms with van der Waals surface area (Å²) < 4.78 is 31.6. The first-order valence-electron chi connectivity index (χ1n) is 7.08. The van der Waals surface area contributed by atoms with Crippen LogP contribution in [-0.4, -0.2) is 38.6 Å². The molecule has 0 saturated heterocycles. The van der Waals surface area contributed by atoms with Crippen molar-refractivity contribution < 1.29 is 27.9 Å². The second kappa shape index (κ2) is 7.56. The number of carbonyl (C=O) groups is 2. The molecule has 0 heterocycles. The van der Waals surface area contributed by atoms with Crippen LogP contribution in [0.25, 0.3) is 0 Å². The molecule has 0 unspecified atom stereocenters. The van der Waals surface area contributed by atoms with Crippen molar-refractivity contribution in [3.63, 3.8) is 0 Å². The number of rotatable bonds is 7. The quantitative estimate of drug-likeness (QED) is 0.727. The van der Waals surface area contributed by atoms with Crippen LogP contribution < -0.4 is 4.72 Å². The highest BCUT2D eigenvalue weighted by Gasteiger charge is 2.29. The molecule has 1 rings (SSSR count). The van der Waals surface area contributed by atoms with Crippen molar-refractivity contribution in [2.45, 2.75) is 38.1 Å². The van der Waals surface area contributed by atoms with E-state index in [0.717, 1.165) is 0 Å². The van der Waals surface area contributed by atoms with E-state index in [0.29, 0.717) is 12.0 Å². The van der Waals surface area contributed by atoms with Gasteiger partial charge in [0.15, 0.2) is 0 Å². The SMILES string of the molecule is CC[C@H](C)[C@H](NS(=O)(=O)c1ccc(C)c(C(=O)OC)c1)C(=O)O. The first-order valence-corrected chi connectivity index (χ1v) is 8.56.